The summed E-state index contributed by atoms with van der Waals surface area (Å²) < 4.78 is 0. The van der Waals surface area contributed by atoms with Gasteiger partial charge in [0.05, 0.1) is 15.8 Å². The third kappa shape index (κ3) is 6.00. The van der Waals surface area contributed by atoms with Crippen LogP contribution >= 0.6 is 35.0 Å². The summed E-state index contributed by atoms with van der Waals surface area (Å²) in [6.07, 6.45) is 0. The van der Waals surface area contributed by atoms with Gasteiger partial charge in [0.15, 0.2) is 0 Å². The molecule has 0 aliphatic carbocycles. The molecule has 2 amide bonds. The van der Waals surface area contributed by atoms with E-state index in [4.69, 9.17) is 23.2 Å². The van der Waals surface area contributed by atoms with Crippen molar-refractivity contribution in [3.05, 3.63) is 88.4 Å². The third-order valence-electron chi connectivity index (χ3n) is 3.99. The van der Waals surface area contributed by atoms with Gasteiger partial charge in [0.25, 0.3) is 5.91 Å². The Morgan fingerprint density at radius 3 is 2.31 bits per heavy atom. The van der Waals surface area contributed by atoms with Crippen LogP contribution in [0.4, 0.5) is 11.4 Å². The largest absolute Gasteiger partial charge is 0.325 e. The highest BCUT2D eigenvalue weighted by molar-refractivity contribution is 8.00. The van der Waals surface area contributed by atoms with Gasteiger partial charge < -0.3 is 10.6 Å². The van der Waals surface area contributed by atoms with Crippen molar-refractivity contribution in [3.8, 4) is 0 Å². The topological polar surface area (TPSA) is 58.2 Å². The molecule has 1 atom stereocenters. The molecule has 0 bridgehead atoms. The van der Waals surface area contributed by atoms with E-state index in [2.05, 4.69) is 10.6 Å². The molecule has 3 rings (SSSR count). The molecule has 0 aliphatic heterocycles. The van der Waals surface area contributed by atoms with Crippen LogP contribution < -0.4 is 10.6 Å². The molecule has 3 aromatic rings. The maximum Gasteiger partial charge on any atom is 0.257 e. The van der Waals surface area contributed by atoms with Gasteiger partial charge in [-0.1, -0.05) is 47.5 Å². The molecule has 2 N–H and O–H groups in total. The zero-order valence-corrected chi connectivity index (χ0v) is 17.8. The number of carbonyl (C=O) groups excluding carboxylic acids is 2. The second kappa shape index (κ2) is 9.83. The molecule has 148 valence electrons. The molecule has 0 aliphatic rings. The van der Waals surface area contributed by atoms with Crippen molar-refractivity contribution in [3.63, 3.8) is 0 Å². The summed E-state index contributed by atoms with van der Waals surface area (Å²) in [4.78, 5) is 25.7. The van der Waals surface area contributed by atoms with Gasteiger partial charge in [-0.3, -0.25) is 9.59 Å². The average Bonchev–Trinajstić information content (AvgIpc) is 2.69. The van der Waals surface area contributed by atoms with E-state index in [1.807, 2.05) is 55.5 Å². The second-order valence-electron chi connectivity index (χ2n) is 6.22. The summed E-state index contributed by atoms with van der Waals surface area (Å²) in [5.41, 5.74) is 1.71. The summed E-state index contributed by atoms with van der Waals surface area (Å²) in [6.45, 7) is 1.83. The summed E-state index contributed by atoms with van der Waals surface area (Å²) >= 11 is 13.4. The molecule has 4 nitrogen and oxygen atoms in total. The van der Waals surface area contributed by atoms with Crippen LogP contribution in [0.5, 0.6) is 0 Å². The molecule has 0 spiro atoms. The van der Waals surface area contributed by atoms with Crippen LogP contribution in [0.1, 0.15) is 17.3 Å². The number of rotatable bonds is 6. The van der Waals surface area contributed by atoms with Crippen molar-refractivity contribution in [1.29, 1.82) is 0 Å². The smallest absolute Gasteiger partial charge is 0.257 e. The standard InChI is InChI=1S/C22H18Cl2N2O2S/c1-14(21(27)25-16-6-3-2-4-7-16)29-18-9-5-8-17(13-18)26-22(28)19-11-10-15(23)12-20(19)24/h2-14H,1H3,(H,25,27)(H,26,28). The summed E-state index contributed by atoms with van der Waals surface area (Å²) in [7, 11) is 0. The summed E-state index contributed by atoms with van der Waals surface area (Å²) in [5, 5.41) is 6.14. The monoisotopic (exact) mass is 444 g/mol. The number of amides is 2. The van der Waals surface area contributed by atoms with Crippen molar-refractivity contribution >= 4 is 58.2 Å². The molecule has 29 heavy (non-hydrogen) atoms. The molecule has 3 aromatic carbocycles. The number of anilines is 2. The van der Waals surface area contributed by atoms with Gasteiger partial charge in [-0.2, -0.15) is 0 Å². The molecule has 0 radical (unpaired) electrons. The van der Waals surface area contributed by atoms with E-state index in [9.17, 15) is 9.59 Å². The fourth-order valence-electron chi connectivity index (χ4n) is 2.54. The molecule has 0 heterocycles. The molecule has 0 saturated heterocycles. The first-order valence-corrected chi connectivity index (χ1v) is 10.4. The number of thioether (sulfide) groups is 1. The number of carbonyl (C=O) groups is 2. The maximum absolute atomic E-state index is 12.5. The van der Waals surface area contributed by atoms with E-state index in [0.29, 0.717) is 16.3 Å². The number of nitrogens with one attached hydrogen (secondary N) is 2. The molecule has 0 fully saturated rings. The Kier molecular flexibility index (Phi) is 7.20. The van der Waals surface area contributed by atoms with Gasteiger partial charge >= 0.3 is 0 Å². The van der Waals surface area contributed by atoms with Gasteiger partial charge in [-0.25, -0.2) is 0 Å². The minimum Gasteiger partial charge on any atom is -0.325 e. The Bertz CT molecular complexity index is 1030. The molecule has 7 heteroatoms. The van der Waals surface area contributed by atoms with Crippen molar-refractivity contribution < 1.29 is 9.59 Å². The summed E-state index contributed by atoms with van der Waals surface area (Å²) in [5.74, 6) is -0.424. The minimum absolute atomic E-state index is 0.0939. The minimum atomic E-state index is -0.330. The average molecular weight is 445 g/mol. The molecular weight excluding hydrogens is 427 g/mol. The van der Waals surface area contributed by atoms with Crippen LogP contribution in [0.2, 0.25) is 10.0 Å². The first-order valence-electron chi connectivity index (χ1n) is 8.81. The van der Waals surface area contributed by atoms with Crippen LogP contribution in [0.3, 0.4) is 0 Å². The van der Waals surface area contributed by atoms with Gasteiger partial charge in [0, 0.05) is 21.3 Å². The van der Waals surface area contributed by atoms with Crippen molar-refractivity contribution in [2.75, 3.05) is 10.6 Å². The third-order valence-corrected chi connectivity index (χ3v) is 5.63. The van der Waals surface area contributed by atoms with Crippen LogP contribution in [-0.4, -0.2) is 17.1 Å². The number of hydrogen-bond acceptors (Lipinski definition) is 3. The fourth-order valence-corrected chi connectivity index (χ4v) is 3.96. The Morgan fingerprint density at radius 2 is 1.59 bits per heavy atom. The normalized spacial score (nSPS) is 11.6. The SMILES string of the molecule is CC(Sc1cccc(NC(=O)c2ccc(Cl)cc2Cl)c1)C(=O)Nc1ccccc1. The lowest BCUT2D eigenvalue weighted by Crippen LogP contribution is -2.22. The van der Waals surface area contributed by atoms with E-state index in [-0.39, 0.29) is 22.1 Å². The second-order valence-corrected chi connectivity index (χ2v) is 8.48. The van der Waals surface area contributed by atoms with Gasteiger partial charge in [-0.15, -0.1) is 11.8 Å². The first kappa shape index (κ1) is 21.2. The van der Waals surface area contributed by atoms with E-state index >= 15 is 0 Å². The van der Waals surface area contributed by atoms with Crippen LogP contribution in [0.15, 0.2) is 77.7 Å². The maximum atomic E-state index is 12.5. The number of benzene rings is 3. The van der Waals surface area contributed by atoms with Crippen molar-refractivity contribution in [2.24, 2.45) is 0 Å². The van der Waals surface area contributed by atoms with Crippen molar-refractivity contribution in [2.45, 2.75) is 17.1 Å². The lowest BCUT2D eigenvalue weighted by atomic mass is 10.2. The van der Waals surface area contributed by atoms with Crippen LogP contribution in [0.25, 0.3) is 0 Å². The quantitative estimate of drug-likeness (QED) is 0.434. The molecule has 1 unspecified atom stereocenters. The number of para-hydroxylation sites is 1. The van der Waals surface area contributed by atoms with E-state index < -0.39 is 0 Å². The molecular formula is C22H18Cl2N2O2S. The highest BCUT2D eigenvalue weighted by atomic mass is 35.5. The predicted molar refractivity (Wildman–Crippen MR) is 121 cm³/mol. The zero-order chi connectivity index (χ0) is 20.8. The Balaban J connectivity index is 1.64. The fraction of sp³-hybridized carbons (Fsp3) is 0.0909. The van der Waals surface area contributed by atoms with E-state index in [1.165, 1.54) is 17.8 Å². The predicted octanol–water partition coefficient (Wildman–Crippen LogP) is 6.37. The Morgan fingerprint density at radius 1 is 0.862 bits per heavy atom. The lowest BCUT2D eigenvalue weighted by Gasteiger charge is -2.13. The number of halogens is 2. The Labute approximate surface area is 183 Å². The van der Waals surface area contributed by atoms with Gasteiger partial charge in [-0.05, 0) is 55.5 Å². The Hall–Kier alpha value is -2.47. The van der Waals surface area contributed by atoms with Crippen molar-refractivity contribution in [1.82, 2.24) is 0 Å². The number of hydrogen-bond donors (Lipinski definition) is 2. The van der Waals surface area contributed by atoms with Crippen LogP contribution in [0, 0.1) is 0 Å². The highest BCUT2D eigenvalue weighted by Crippen LogP contribution is 2.27. The van der Waals surface area contributed by atoms with Gasteiger partial charge in [0.2, 0.25) is 5.91 Å². The first-order chi connectivity index (χ1) is 13.9. The summed E-state index contributed by atoms with van der Waals surface area (Å²) in [6, 6.07) is 21.3. The lowest BCUT2D eigenvalue weighted by molar-refractivity contribution is -0.115. The van der Waals surface area contributed by atoms with Gasteiger partial charge in [0.1, 0.15) is 0 Å². The zero-order valence-electron chi connectivity index (χ0n) is 15.5. The highest BCUT2D eigenvalue weighted by Gasteiger charge is 2.16. The van der Waals surface area contributed by atoms with Crippen LogP contribution in [-0.2, 0) is 4.79 Å². The molecule has 0 aromatic heterocycles. The molecule has 0 saturated carbocycles. The van der Waals surface area contributed by atoms with E-state index in [0.717, 1.165) is 10.6 Å². The van der Waals surface area contributed by atoms with E-state index in [1.54, 1.807) is 18.2 Å².